The molecule has 0 aliphatic heterocycles. The molecule has 96 valence electrons. The Bertz CT molecular complexity index is 366. The van der Waals surface area contributed by atoms with Crippen molar-refractivity contribution in [2.75, 3.05) is 5.88 Å². The molecule has 1 aromatic carbocycles. The predicted octanol–water partition coefficient (Wildman–Crippen LogP) is 4.01. The minimum Gasteiger partial charge on any atom is -0.449 e. The third-order valence-electron chi connectivity index (χ3n) is 1.37. The first kappa shape index (κ1) is 15.6. The standard InChI is InChI=1S/C8H5F3O3.C2H5Cl/c9-8(10,11)5-2-1-3-6(4-5)14-7(12)13;1-2-3/h1-4H,(H,12,13);2H2,1H3. The Balaban J connectivity index is 0.000000770. The molecule has 0 radical (unpaired) electrons. The van der Waals surface area contributed by atoms with E-state index in [-0.39, 0.29) is 5.75 Å². The van der Waals surface area contributed by atoms with Crippen molar-refractivity contribution >= 4 is 17.8 Å². The maximum Gasteiger partial charge on any atom is 0.511 e. The summed E-state index contributed by atoms with van der Waals surface area (Å²) in [5.41, 5.74) is -0.948. The van der Waals surface area contributed by atoms with Crippen LogP contribution in [0.1, 0.15) is 12.5 Å². The first-order valence-corrected chi connectivity index (χ1v) is 4.98. The number of hydrogen-bond acceptors (Lipinski definition) is 2. The predicted molar refractivity (Wildman–Crippen MR) is 56.5 cm³/mol. The van der Waals surface area contributed by atoms with Gasteiger partial charge in [0, 0.05) is 5.88 Å². The smallest absolute Gasteiger partial charge is 0.449 e. The van der Waals surface area contributed by atoms with Gasteiger partial charge in [-0.3, -0.25) is 0 Å². The summed E-state index contributed by atoms with van der Waals surface area (Å²) in [4.78, 5) is 10.0. The van der Waals surface area contributed by atoms with Crippen molar-refractivity contribution in [2.24, 2.45) is 0 Å². The summed E-state index contributed by atoms with van der Waals surface area (Å²) in [5.74, 6) is 0.368. The molecular weight excluding hydrogens is 261 g/mol. The first-order chi connectivity index (χ1) is 7.81. The van der Waals surface area contributed by atoms with E-state index in [0.29, 0.717) is 6.07 Å². The number of carboxylic acid groups (broad SMARTS) is 1. The van der Waals surface area contributed by atoms with E-state index in [2.05, 4.69) is 4.74 Å². The van der Waals surface area contributed by atoms with E-state index < -0.39 is 17.9 Å². The number of benzene rings is 1. The fraction of sp³-hybridized carbons (Fsp3) is 0.300. The van der Waals surface area contributed by atoms with Crippen LogP contribution in [0.2, 0.25) is 0 Å². The lowest BCUT2D eigenvalue weighted by Crippen LogP contribution is -2.07. The highest BCUT2D eigenvalue weighted by molar-refractivity contribution is 6.17. The minimum atomic E-state index is -4.50. The summed E-state index contributed by atoms with van der Waals surface area (Å²) in [5, 5.41) is 8.16. The Labute approximate surface area is 101 Å². The van der Waals surface area contributed by atoms with Crippen LogP contribution in [0, 0.1) is 0 Å². The van der Waals surface area contributed by atoms with Crippen LogP contribution in [0.3, 0.4) is 0 Å². The molecule has 7 heteroatoms. The van der Waals surface area contributed by atoms with Crippen molar-refractivity contribution in [1.82, 2.24) is 0 Å². The fourth-order valence-electron chi connectivity index (χ4n) is 0.837. The lowest BCUT2D eigenvalue weighted by atomic mass is 10.2. The van der Waals surface area contributed by atoms with Crippen molar-refractivity contribution in [3.8, 4) is 5.75 Å². The van der Waals surface area contributed by atoms with E-state index in [0.717, 1.165) is 24.1 Å². The molecule has 0 unspecified atom stereocenters. The molecule has 0 heterocycles. The third kappa shape index (κ3) is 6.68. The van der Waals surface area contributed by atoms with Crippen LogP contribution in [0.4, 0.5) is 18.0 Å². The Morgan fingerprint density at radius 1 is 1.47 bits per heavy atom. The molecule has 0 aliphatic rings. The lowest BCUT2D eigenvalue weighted by molar-refractivity contribution is -0.137. The van der Waals surface area contributed by atoms with Crippen LogP contribution in [-0.4, -0.2) is 17.1 Å². The van der Waals surface area contributed by atoms with Gasteiger partial charge < -0.3 is 9.84 Å². The zero-order valence-corrected chi connectivity index (χ0v) is 9.55. The van der Waals surface area contributed by atoms with Crippen molar-refractivity contribution < 1.29 is 27.8 Å². The zero-order chi connectivity index (χ0) is 13.5. The van der Waals surface area contributed by atoms with E-state index in [4.69, 9.17) is 16.7 Å². The molecule has 1 rings (SSSR count). The van der Waals surface area contributed by atoms with Gasteiger partial charge in [-0.2, -0.15) is 13.2 Å². The van der Waals surface area contributed by atoms with Gasteiger partial charge in [-0.25, -0.2) is 4.79 Å². The van der Waals surface area contributed by atoms with Gasteiger partial charge in [0.15, 0.2) is 0 Å². The SMILES string of the molecule is CCCl.O=C(O)Oc1cccc(C(F)(F)F)c1. The summed E-state index contributed by atoms with van der Waals surface area (Å²) in [7, 11) is 0. The summed E-state index contributed by atoms with van der Waals surface area (Å²) in [6.07, 6.45) is -6.15. The molecule has 0 saturated carbocycles. The van der Waals surface area contributed by atoms with Crippen molar-refractivity contribution in [3.05, 3.63) is 29.8 Å². The van der Waals surface area contributed by atoms with Crippen LogP contribution < -0.4 is 4.74 Å². The molecule has 1 N–H and O–H groups in total. The highest BCUT2D eigenvalue weighted by Gasteiger charge is 2.30. The molecular formula is C10H10ClF3O3. The van der Waals surface area contributed by atoms with E-state index >= 15 is 0 Å². The molecule has 3 nitrogen and oxygen atoms in total. The topological polar surface area (TPSA) is 46.5 Å². The van der Waals surface area contributed by atoms with Crippen LogP contribution >= 0.6 is 11.6 Å². The highest BCUT2D eigenvalue weighted by Crippen LogP contribution is 2.31. The molecule has 0 bridgehead atoms. The second-order valence-corrected chi connectivity index (χ2v) is 3.20. The largest absolute Gasteiger partial charge is 0.511 e. The molecule has 0 aliphatic carbocycles. The monoisotopic (exact) mass is 270 g/mol. The fourth-order valence-corrected chi connectivity index (χ4v) is 0.837. The van der Waals surface area contributed by atoms with E-state index in [1.807, 2.05) is 6.92 Å². The van der Waals surface area contributed by atoms with Gasteiger partial charge in [0.25, 0.3) is 0 Å². The first-order valence-electron chi connectivity index (χ1n) is 4.45. The Morgan fingerprint density at radius 2 is 2.00 bits per heavy atom. The van der Waals surface area contributed by atoms with E-state index in [9.17, 15) is 18.0 Å². The molecule has 0 atom stereocenters. The van der Waals surface area contributed by atoms with Crippen LogP contribution in [0.25, 0.3) is 0 Å². The number of hydrogen-bond donors (Lipinski definition) is 1. The van der Waals surface area contributed by atoms with E-state index in [1.54, 1.807) is 0 Å². The third-order valence-corrected chi connectivity index (χ3v) is 1.37. The van der Waals surface area contributed by atoms with Crippen LogP contribution in [0.5, 0.6) is 5.75 Å². The molecule has 1 aromatic rings. The molecule has 0 aromatic heterocycles. The molecule has 0 spiro atoms. The molecule has 0 saturated heterocycles. The van der Waals surface area contributed by atoms with Gasteiger partial charge in [-0.15, -0.1) is 11.6 Å². The second-order valence-electron chi connectivity index (χ2n) is 2.66. The second kappa shape index (κ2) is 7.01. The van der Waals surface area contributed by atoms with Crippen molar-refractivity contribution in [3.63, 3.8) is 0 Å². The summed E-state index contributed by atoms with van der Waals surface area (Å²) in [6, 6.07) is 3.65. The Kier molecular flexibility index (Phi) is 6.42. The lowest BCUT2D eigenvalue weighted by Gasteiger charge is -2.07. The molecule has 0 fully saturated rings. The van der Waals surface area contributed by atoms with Crippen molar-refractivity contribution in [1.29, 1.82) is 0 Å². The number of ether oxygens (including phenoxy) is 1. The quantitative estimate of drug-likeness (QED) is 0.476. The van der Waals surface area contributed by atoms with Gasteiger partial charge in [0.2, 0.25) is 0 Å². The average molecular weight is 271 g/mol. The highest BCUT2D eigenvalue weighted by atomic mass is 35.5. The molecule has 17 heavy (non-hydrogen) atoms. The summed E-state index contributed by atoms with van der Waals surface area (Å²) >= 11 is 5.00. The van der Waals surface area contributed by atoms with E-state index in [1.165, 1.54) is 0 Å². The van der Waals surface area contributed by atoms with Gasteiger partial charge in [-0.05, 0) is 18.2 Å². The van der Waals surface area contributed by atoms with Gasteiger partial charge in [0.1, 0.15) is 5.75 Å². The van der Waals surface area contributed by atoms with Gasteiger partial charge in [-0.1, -0.05) is 13.0 Å². The normalized spacial score (nSPS) is 10.2. The number of halogens is 4. The van der Waals surface area contributed by atoms with Gasteiger partial charge >= 0.3 is 12.3 Å². The average Bonchev–Trinajstić information content (AvgIpc) is 2.17. The Hall–Kier alpha value is -1.43. The zero-order valence-electron chi connectivity index (χ0n) is 8.79. The number of alkyl halides is 4. The van der Waals surface area contributed by atoms with Crippen LogP contribution in [-0.2, 0) is 6.18 Å². The summed E-state index contributed by atoms with van der Waals surface area (Å²) in [6.45, 7) is 1.89. The molecule has 0 amide bonds. The van der Waals surface area contributed by atoms with Gasteiger partial charge in [0.05, 0.1) is 5.56 Å². The Morgan fingerprint density at radius 3 is 2.41 bits per heavy atom. The number of carbonyl (C=O) groups is 1. The van der Waals surface area contributed by atoms with Crippen LogP contribution in [0.15, 0.2) is 24.3 Å². The number of rotatable bonds is 1. The minimum absolute atomic E-state index is 0.354. The summed E-state index contributed by atoms with van der Waals surface area (Å²) < 4.78 is 40.4. The van der Waals surface area contributed by atoms with Crippen molar-refractivity contribution in [2.45, 2.75) is 13.1 Å². The maximum atomic E-state index is 12.1. The maximum absolute atomic E-state index is 12.1.